The smallest absolute Gasteiger partial charge is 0.326 e. The lowest BCUT2D eigenvalue weighted by atomic mass is 10.1. The van der Waals surface area contributed by atoms with E-state index in [4.69, 9.17) is 17.2 Å². The van der Waals surface area contributed by atoms with Crippen LogP contribution in [-0.2, 0) is 19.2 Å². The fraction of sp³-hybridized carbons (Fsp3) is 0.750. The Kier molecular flexibility index (Phi) is 13.5. The van der Waals surface area contributed by atoms with Crippen molar-refractivity contribution in [3.8, 4) is 0 Å². The molecule has 3 amide bonds. The van der Waals surface area contributed by atoms with E-state index in [9.17, 15) is 29.4 Å². The van der Waals surface area contributed by atoms with Gasteiger partial charge in [0.2, 0.25) is 17.7 Å². The van der Waals surface area contributed by atoms with Crippen LogP contribution in [0.25, 0.3) is 0 Å². The summed E-state index contributed by atoms with van der Waals surface area (Å²) in [7, 11) is 0. The van der Waals surface area contributed by atoms with Gasteiger partial charge in [-0.25, -0.2) is 4.79 Å². The molecule has 0 aromatic rings. The first kappa shape index (κ1) is 29.1. The first-order chi connectivity index (χ1) is 16.2. The maximum Gasteiger partial charge on any atom is 0.326 e. The van der Waals surface area contributed by atoms with Crippen LogP contribution in [0.2, 0.25) is 0 Å². The second-order valence-electron chi connectivity index (χ2n) is 8.09. The topological polar surface area (TPSA) is 247 Å². The number of hydrogen-bond donors (Lipinski definition) is 9. The molecule has 4 atom stereocenters. The highest BCUT2D eigenvalue weighted by Gasteiger charge is 2.31. The summed E-state index contributed by atoms with van der Waals surface area (Å²) in [5.41, 5.74) is 16.0. The Morgan fingerprint density at radius 3 is 2.18 bits per heavy atom. The van der Waals surface area contributed by atoms with Gasteiger partial charge in [0.1, 0.15) is 18.1 Å². The number of nitrogens with one attached hydrogen (secondary N) is 4. The normalized spacial score (nSPS) is 17.8. The first-order valence-electron chi connectivity index (χ1n) is 11.4. The molecule has 0 bridgehead atoms. The van der Waals surface area contributed by atoms with Crippen LogP contribution < -0.4 is 38.5 Å². The van der Waals surface area contributed by atoms with E-state index in [1.807, 2.05) is 0 Å². The molecule has 0 radical (unpaired) electrons. The van der Waals surface area contributed by atoms with Crippen molar-refractivity contribution < 1.29 is 29.4 Å². The molecule has 0 saturated carbocycles. The van der Waals surface area contributed by atoms with E-state index in [1.54, 1.807) is 0 Å². The highest BCUT2D eigenvalue weighted by atomic mass is 16.4. The molecule has 0 aromatic heterocycles. The minimum absolute atomic E-state index is 0.100. The number of carbonyl (C=O) groups excluding carboxylic acids is 3. The van der Waals surface area contributed by atoms with Crippen molar-refractivity contribution in [3.05, 3.63) is 0 Å². The molecule has 0 aromatic carbocycles. The van der Waals surface area contributed by atoms with Crippen LogP contribution in [0.1, 0.15) is 44.9 Å². The lowest BCUT2D eigenvalue weighted by Crippen LogP contribution is -2.58. The fourth-order valence-corrected chi connectivity index (χ4v) is 3.44. The van der Waals surface area contributed by atoms with Crippen molar-refractivity contribution in [2.75, 3.05) is 26.2 Å². The maximum atomic E-state index is 12.9. The highest BCUT2D eigenvalue weighted by molar-refractivity contribution is 5.94. The molecule has 34 heavy (non-hydrogen) atoms. The third-order valence-corrected chi connectivity index (χ3v) is 5.33. The molecule has 194 valence electrons. The number of rotatable bonds is 16. The standard InChI is InChI=1S/C20H38N8O6/c21-8-2-1-5-14(19(33)34)27-18(32)15(11-29)28-17(31)13(7-4-10-25-20(22)23)26-16(30)12-6-3-9-24-12/h12-15,24,29H,1-11,21H2,(H,26,30)(H,27,32)(H,28,31)(H,33,34)(H4,22,23,25). The quantitative estimate of drug-likeness (QED) is 0.0590. The van der Waals surface area contributed by atoms with Gasteiger partial charge in [-0.2, -0.15) is 0 Å². The summed E-state index contributed by atoms with van der Waals surface area (Å²) >= 11 is 0. The third-order valence-electron chi connectivity index (χ3n) is 5.33. The van der Waals surface area contributed by atoms with Crippen molar-refractivity contribution in [1.29, 1.82) is 0 Å². The predicted molar refractivity (Wildman–Crippen MR) is 124 cm³/mol. The number of carbonyl (C=O) groups is 4. The zero-order chi connectivity index (χ0) is 25.5. The summed E-state index contributed by atoms with van der Waals surface area (Å²) in [6, 6.07) is -4.01. The van der Waals surface area contributed by atoms with E-state index in [1.165, 1.54) is 0 Å². The largest absolute Gasteiger partial charge is 0.480 e. The van der Waals surface area contributed by atoms with E-state index in [0.717, 1.165) is 6.42 Å². The molecule has 12 N–H and O–H groups in total. The van der Waals surface area contributed by atoms with Gasteiger partial charge in [0.15, 0.2) is 5.96 Å². The highest BCUT2D eigenvalue weighted by Crippen LogP contribution is 2.07. The predicted octanol–water partition coefficient (Wildman–Crippen LogP) is -3.55. The summed E-state index contributed by atoms with van der Waals surface area (Å²) < 4.78 is 0. The van der Waals surface area contributed by atoms with E-state index in [-0.39, 0.29) is 31.3 Å². The van der Waals surface area contributed by atoms with Crippen molar-refractivity contribution in [2.45, 2.75) is 69.1 Å². The van der Waals surface area contributed by atoms with Gasteiger partial charge in [0.05, 0.1) is 12.6 Å². The van der Waals surface area contributed by atoms with Gasteiger partial charge in [0, 0.05) is 6.54 Å². The second-order valence-corrected chi connectivity index (χ2v) is 8.09. The number of amides is 3. The molecule has 4 unspecified atom stereocenters. The lowest BCUT2D eigenvalue weighted by Gasteiger charge is -2.24. The average molecular weight is 487 g/mol. The summed E-state index contributed by atoms with van der Waals surface area (Å²) in [4.78, 5) is 53.2. The number of nitrogens with zero attached hydrogens (tertiary/aromatic N) is 1. The van der Waals surface area contributed by atoms with Gasteiger partial charge in [-0.3, -0.25) is 19.4 Å². The number of nitrogens with two attached hydrogens (primary N) is 3. The molecule has 14 heteroatoms. The van der Waals surface area contributed by atoms with Crippen LogP contribution in [0.4, 0.5) is 0 Å². The van der Waals surface area contributed by atoms with Crippen LogP contribution in [-0.4, -0.2) is 90.3 Å². The number of hydrogen-bond acceptors (Lipinski definition) is 8. The van der Waals surface area contributed by atoms with Crippen LogP contribution >= 0.6 is 0 Å². The van der Waals surface area contributed by atoms with Crippen LogP contribution in [0.5, 0.6) is 0 Å². The number of aliphatic hydroxyl groups is 1. The summed E-state index contributed by atoms with van der Waals surface area (Å²) in [6.07, 6.45) is 3.26. The zero-order valence-electron chi connectivity index (χ0n) is 19.3. The van der Waals surface area contributed by atoms with Gasteiger partial charge in [0.25, 0.3) is 0 Å². The third kappa shape index (κ3) is 10.8. The van der Waals surface area contributed by atoms with Crippen LogP contribution in [0, 0.1) is 0 Å². The number of aliphatic carboxylic acids is 1. The molecule has 1 heterocycles. The van der Waals surface area contributed by atoms with Crippen LogP contribution in [0.15, 0.2) is 4.99 Å². The van der Waals surface area contributed by atoms with E-state index < -0.39 is 48.6 Å². The van der Waals surface area contributed by atoms with Gasteiger partial charge < -0.3 is 48.7 Å². The Morgan fingerprint density at radius 2 is 1.62 bits per heavy atom. The molecule has 14 nitrogen and oxygen atoms in total. The Morgan fingerprint density at radius 1 is 0.971 bits per heavy atom. The van der Waals surface area contributed by atoms with Crippen molar-refractivity contribution >= 4 is 29.7 Å². The summed E-state index contributed by atoms with van der Waals surface area (Å²) in [5, 5.41) is 29.4. The van der Waals surface area contributed by atoms with Crippen molar-refractivity contribution in [2.24, 2.45) is 22.2 Å². The Labute approximate surface area is 198 Å². The number of aliphatic imine (C=N–C) groups is 1. The van der Waals surface area contributed by atoms with Gasteiger partial charge in [-0.15, -0.1) is 0 Å². The van der Waals surface area contributed by atoms with Gasteiger partial charge in [-0.05, 0) is 58.0 Å². The number of unbranched alkanes of at least 4 members (excludes halogenated alkanes) is 1. The van der Waals surface area contributed by atoms with Gasteiger partial charge in [-0.1, -0.05) is 0 Å². The van der Waals surface area contributed by atoms with E-state index in [2.05, 4.69) is 26.3 Å². The molecule has 0 aliphatic carbocycles. The summed E-state index contributed by atoms with van der Waals surface area (Å²) in [5.74, 6) is -3.23. The SMILES string of the molecule is NCCCCC(NC(=O)C(CO)NC(=O)C(CCCN=C(N)N)NC(=O)C1CCCN1)C(=O)O. The molecule has 1 fully saturated rings. The molecule has 1 aliphatic heterocycles. The van der Waals surface area contributed by atoms with Gasteiger partial charge >= 0.3 is 5.97 Å². The molecular weight excluding hydrogens is 448 g/mol. The lowest BCUT2D eigenvalue weighted by molar-refractivity contribution is -0.142. The first-order valence-corrected chi connectivity index (χ1v) is 11.4. The molecule has 1 rings (SSSR count). The average Bonchev–Trinajstić information content (AvgIpc) is 3.33. The summed E-state index contributed by atoms with van der Waals surface area (Å²) in [6.45, 7) is 0.562. The number of carboxylic acids is 1. The molecule has 1 aliphatic rings. The fourth-order valence-electron chi connectivity index (χ4n) is 3.44. The minimum Gasteiger partial charge on any atom is -0.480 e. The Bertz CT molecular complexity index is 709. The number of guanidine groups is 1. The van der Waals surface area contributed by atoms with Crippen LogP contribution in [0.3, 0.4) is 0 Å². The number of carboxylic acid groups (broad SMARTS) is 1. The Balaban J connectivity index is 2.79. The maximum absolute atomic E-state index is 12.9. The molecule has 1 saturated heterocycles. The van der Waals surface area contributed by atoms with E-state index in [0.29, 0.717) is 38.8 Å². The zero-order valence-corrected chi connectivity index (χ0v) is 19.3. The van der Waals surface area contributed by atoms with E-state index >= 15 is 0 Å². The minimum atomic E-state index is -1.40. The molecular formula is C20H38N8O6. The van der Waals surface area contributed by atoms with Crippen molar-refractivity contribution in [3.63, 3.8) is 0 Å². The van der Waals surface area contributed by atoms with Crippen molar-refractivity contribution in [1.82, 2.24) is 21.3 Å². The molecule has 0 spiro atoms. The number of aliphatic hydroxyl groups excluding tert-OH is 1. The Hall–Kier alpha value is -2.97. The monoisotopic (exact) mass is 486 g/mol. The second kappa shape index (κ2) is 15.8.